The van der Waals surface area contributed by atoms with E-state index in [4.69, 9.17) is 10.2 Å². The summed E-state index contributed by atoms with van der Waals surface area (Å²) in [4.78, 5) is 11.0. The summed E-state index contributed by atoms with van der Waals surface area (Å²) in [5, 5.41) is 0. The number of unbranched alkanes of at least 4 members (excludes halogenated alkanes) is 4. The molecule has 1 aliphatic heterocycles. The van der Waals surface area contributed by atoms with Gasteiger partial charge in [-0.15, -0.1) is 0 Å². The van der Waals surface area contributed by atoms with Crippen molar-refractivity contribution in [3.63, 3.8) is 0 Å². The Morgan fingerprint density at radius 3 is 2.57 bits per heavy atom. The van der Waals surface area contributed by atoms with Crippen molar-refractivity contribution in [3.05, 3.63) is 35.6 Å². The lowest BCUT2D eigenvalue weighted by atomic mass is 9.90. The summed E-state index contributed by atoms with van der Waals surface area (Å²) in [6, 6.07) is 8.16. The first-order chi connectivity index (χ1) is 11.2. The van der Waals surface area contributed by atoms with Crippen molar-refractivity contribution in [1.29, 1.82) is 0 Å². The maximum absolute atomic E-state index is 11.0. The van der Waals surface area contributed by atoms with Gasteiger partial charge in [-0.1, -0.05) is 52.0 Å². The van der Waals surface area contributed by atoms with Crippen LogP contribution in [0, 0.1) is 0 Å². The highest BCUT2D eigenvalue weighted by molar-refractivity contribution is 5.76. The molecule has 1 atom stereocenters. The molecule has 126 valence electrons. The lowest BCUT2D eigenvalue weighted by molar-refractivity contribution is -0.117. The topological polar surface area (TPSA) is 56.2 Å². The summed E-state index contributed by atoms with van der Waals surface area (Å²) in [5.41, 5.74) is 7.80. The Hall–Kier alpha value is -1.77. The maximum atomic E-state index is 11.0. The molecular weight excluding hydrogens is 286 g/mol. The van der Waals surface area contributed by atoms with E-state index in [0.29, 0.717) is 11.7 Å². The third kappa shape index (κ3) is 4.85. The van der Waals surface area contributed by atoms with Gasteiger partial charge in [0.1, 0.15) is 11.5 Å². The van der Waals surface area contributed by atoms with Crippen LogP contribution in [0.15, 0.2) is 28.7 Å². The van der Waals surface area contributed by atoms with E-state index in [2.05, 4.69) is 26.0 Å². The monoisotopic (exact) mass is 315 g/mol. The molecule has 2 aliphatic rings. The summed E-state index contributed by atoms with van der Waals surface area (Å²) >= 11 is 0. The minimum absolute atomic E-state index is 0.158. The van der Waals surface area contributed by atoms with Gasteiger partial charge in [-0.3, -0.25) is 4.79 Å². The number of nitrogens with two attached hydrogens (primary N) is 1. The normalized spacial score (nSPS) is 12.6. The average molecular weight is 315 g/mol. The maximum Gasteiger partial charge on any atom is 0.225 e. The van der Waals surface area contributed by atoms with Gasteiger partial charge in [0.15, 0.2) is 0 Å². The fourth-order valence-corrected chi connectivity index (χ4v) is 3.30. The van der Waals surface area contributed by atoms with E-state index in [1.807, 2.05) is 12.1 Å². The van der Waals surface area contributed by atoms with E-state index in [1.165, 1.54) is 49.7 Å². The zero-order valence-corrected chi connectivity index (χ0v) is 14.4. The summed E-state index contributed by atoms with van der Waals surface area (Å²) in [6.07, 6.45) is 9.15. The molecule has 3 nitrogen and oxygen atoms in total. The van der Waals surface area contributed by atoms with E-state index in [0.717, 1.165) is 12.2 Å². The highest BCUT2D eigenvalue weighted by Crippen LogP contribution is 2.37. The number of amides is 1. The zero-order valence-electron chi connectivity index (χ0n) is 14.4. The molecule has 0 saturated carbocycles. The standard InChI is InChI=1S/C20H29NO2/c1-3-5-6-7-8-9-15(4-2)17-12-13-19-18(17)11-10-16(23-19)14-20(21)22/h10-13,15H,3-9,14H2,1-2H3,(H2,21,22). The van der Waals surface area contributed by atoms with Gasteiger partial charge in [0.2, 0.25) is 5.91 Å². The largest absolute Gasteiger partial charge is 0.461 e. The van der Waals surface area contributed by atoms with Crippen molar-refractivity contribution in [3.8, 4) is 11.3 Å². The van der Waals surface area contributed by atoms with Gasteiger partial charge in [0.25, 0.3) is 0 Å². The first-order valence-electron chi connectivity index (χ1n) is 8.95. The number of carbonyl (C=O) groups is 1. The van der Waals surface area contributed by atoms with Crippen LogP contribution in [0.3, 0.4) is 0 Å². The highest BCUT2D eigenvalue weighted by Gasteiger charge is 2.19. The molecule has 0 saturated heterocycles. The summed E-state index contributed by atoms with van der Waals surface area (Å²) in [7, 11) is 0. The summed E-state index contributed by atoms with van der Waals surface area (Å²) in [6.45, 7) is 4.51. The van der Waals surface area contributed by atoms with Crippen LogP contribution >= 0.6 is 0 Å². The van der Waals surface area contributed by atoms with Crippen LogP contribution in [-0.2, 0) is 11.2 Å². The lowest BCUT2D eigenvalue weighted by Gasteiger charge is -2.16. The average Bonchev–Trinajstić information content (AvgIpc) is 2.93. The predicted octanol–water partition coefficient (Wildman–Crippen LogP) is 5.27. The Labute approximate surface area is 139 Å². The van der Waals surface area contributed by atoms with E-state index >= 15 is 0 Å². The van der Waals surface area contributed by atoms with Gasteiger partial charge >= 0.3 is 0 Å². The summed E-state index contributed by atoms with van der Waals surface area (Å²) in [5.74, 6) is 1.72. The molecule has 0 radical (unpaired) electrons. The Kier molecular flexibility index (Phi) is 6.69. The Morgan fingerprint density at radius 1 is 1.09 bits per heavy atom. The van der Waals surface area contributed by atoms with Crippen LogP contribution in [0.25, 0.3) is 11.3 Å². The highest BCUT2D eigenvalue weighted by atomic mass is 16.3. The number of carbonyl (C=O) groups excluding carboxylic acids is 1. The second-order valence-electron chi connectivity index (χ2n) is 6.42. The van der Waals surface area contributed by atoms with Crippen molar-refractivity contribution >= 4 is 5.91 Å². The van der Waals surface area contributed by atoms with E-state index < -0.39 is 0 Å². The molecule has 0 fully saturated rings. The van der Waals surface area contributed by atoms with Gasteiger partial charge in [0.05, 0.1) is 6.42 Å². The summed E-state index contributed by atoms with van der Waals surface area (Å²) < 4.78 is 5.80. The van der Waals surface area contributed by atoms with Crippen molar-refractivity contribution in [1.82, 2.24) is 0 Å². The van der Waals surface area contributed by atoms with E-state index in [1.54, 1.807) is 0 Å². The van der Waals surface area contributed by atoms with Crippen LogP contribution in [0.4, 0.5) is 0 Å². The first kappa shape index (κ1) is 17.6. The third-order valence-electron chi connectivity index (χ3n) is 4.60. The van der Waals surface area contributed by atoms with Gasteiger partial charge in [-0.2, -0.15) is 0 Å². The number of primary amides is 1. The SMILES string of the molecule is CCCCCCCC(CC)c1ccc2oc(CC(N)=O)ccc1-2. The van der Waals surface area contributed by atoms with Crippen LogP contribution in [0.1, 0.15) is 76.0 Å². The second kappa shape index (κ2) is 8.76. The predicted molar refractivity (Wildman–Crippen MR) is 94.6 cm³/mol. The smallest absolute Gasteiger partial charge is 0.225 e. The molecule has 2 rings (SSSR count). The Bertz CT molecular complexity index is 587. The molecule has 0 spiro atoms. The van der Waals surface area contributed by atoms with Crippen LogP contribution in [-0.4, -0.2) is 5.91 Å². The van der Waals surface area contributed by atoms with Crippen molar-refractivity contribution in [2.24, 2.45) is 5.73 Å². The van der Waals surface area contributed by atoms with Gasteiger partial charge in [0, 0.05) is 5.56 Å². The molecule has 0 bridgehead atoms. The molecule has 0 aromatic rings. The number of hydrogen-bond donors (Lipinski definition) is 1. The Balaban J connectivity index is 2.04. The van der Waals surface area contributed by atoms with Crippen molar-refractivity contribution in [2.75, 3.05) is 0 Å². The molecule has 1 aliphatic carbocycles. The minimum Gasteiger partial charge on any atom is -0.461 e. The second-order valence-corrected chi connectivity index (χ2v) is 6.42. The third-order valence-corrected chi connectivity index (χ3v) is 4.60. The molecule has 1 unspecified atom stereocenters. The lowest BCUT2D eigenvalue weighted by Crippen LogP contribution is -2.13. The zero-order chi connectivity index (χ0) is 16.7. The first-order valence-corrected chi connectivity index (χ1v) is 8.95. The van der Waals surface area contributed by atoms with Crippen molar-refractivity contribution in [2.45, 2.75) is 71.1 Å². The molecule has 2 N–H and O–H groups in total. The number of hydrogen-bond acceptors (Lipinski definition) is 2. The number of rotatable bonds is 10. The Morgan fingerprint density at radius 2 is 1.87 bits per heavy atom. The van der Waals surface area contributed by atoms with Crippen molar-refractivity contribution < 1.29 is 9.21 Å². The molecule has 1 heterocycles. The molecule has 23 heavy (non-hydrogen) atoms. The van der Waals surface area contributed by atoms with Gasteiger partial charge in [-0.25, -0.2) is 0 Å². The molecule has 0 aromatic carbocycles. The number of fused-ring (bicyclic) bond motifs is 1. The van der Waals surface area contributed by atoms with Gasteiger partial charge < -0.3 is 10.2 Å². The van der Waals surface area contributed by atoms with Crippen LogP contribution in [0.2, 0.25) is 0 Å². The quantitative estimate of drug-likeness (QED) is 0.607. The fourth-order valence-electron chi connectivity index (χ4n) is 3.30. The minimum atomic E-state index is -0.363. The van der Waals surface area contributed by atoms with E-state index in [-0.39, 0.29) is 12.3 Å². The van der Waals surface area contributed by atoms with Crippen LogP contribution < -0.4 is 5.73 Å². The fraction of sp³-hybridized carbons (Fsp3) is 0.550. The molecule has 3 heteroatoms. The molecule has 1 amide bonds. The van der Waals surface area contributed by atoms with E-state index in [9.17, 15) is 4.79 Å². The molecule has 0 aromatic heterocycles. The van der Waals surface area contributed by atoms with Crippen LogP contribution in [0.5, 0.6) is 0 Å². The molecular formula is C20H29NO2. The van der Waals surface area contributed by atoms with Gasteiger partial charge in [-0.05, 0) is 42.5 Å².